The lowest BCUT2D eigenvalue weighted by Crippen LogP contribution is -2.25. The fourth-order valence-electron chi connectivity index (χ4n) is 7.71. The molecule has 0 bridgehead atoms. The molecule has 0 fully saturated rings. The van der Waals surface area contributed by atoms with Crippen molar-refractivity contribution in [3.63, 3.8) is 0 Å². The van der Waals surface area contributed by atoms with Crippen molar-refractivity contribution in [1.29, 1.82) is 0 Å². The number of fused-ring (bicyclic) bond motifs is 14. The van der Waals surface area contributed by atoms with E-state index >= 15 is 0 Å². The van der Waals surface area contributed by atoms with Crippen LogP contribution in [0.15, 0.2) is 133 Å². The van der Waals surface area contributed by atoms with E-state index in [2.05, 4.69) is 145 Å². The molecule has 0 saturated carbocycles. The Hall–Kier alpha value is -4.88. The average molecular weight is 496 g/mol. The fraction of sp³-hybridized carbons (Fsp3) is 0.0526. The first kappa shape index (κ1) is 21.1. The molecule has 0 saturated heterocycles. The van der Waals surface area contributed by atoms with Gasteiger partial charge in [-0.05, 0) is 62.2 Å². The van der Waals surface area contributed by atoms with Crippen LogP contribution in [0, 0.1) is 0 Å². The summed E-state index contributed by atoms with van der Waals surface area (Å²) in [6.07, 6.45) is 0. The van der Waals surface area contributed by atoms with Crippen molar-refractivity contribution in [1.82, 2.24) is 4.57 Å². The van der Waals surface area contributed by atoms with E-state index in [0.717, 1.165) is 0 Å². The molecular weight excluding hydrogens is 470 g/mol. The molecule has 0 amide bonds. The highest BCUT2D eigenvalue weighted by Gasteiger charge is 2.52. The maximum absolute atomic E-state index is 2.42. The summed E-state index contributed by atoms with van der Waals surface area (Å²) in [6.45, 7) is 0. The molecule has 2 aliphatic carbocycles. The van der Waals surface area contributed by atoms with Crippen LogP contribution in [0.5, 0.6) is 0 Å². The molecule has 39 heavy (non-hydrogen) atoms. The van der Waals surface area contributed by atoms with E-state index in [-0.39, 0.29) is 5.41 Å². The zero-order valence-corrected chi connectivity index (χ0v) is 21.6. The number of hydrogen-bond acceptors (Lipinski definition) is 0. The van der Waals surface area contributed by atoms with E-state index in [1.165, 1.54) is 77.4 Å². The summed E-state index contributed by atoms with van der Waals surface area (Å²) >= 11 is 0. The normalized spacial score (nSPS) is 14.0. The number of aryl methyl sites for hydroxylation is 1. The summed E-state index contributed by atoms with van der Waals surface area (Å²) in [4.78, 5) is 0. The molecule has 1 heteroatoms. The minimum Gasteiger partial charge on any atom is -0.343 e. The molecule has 0 N–H and O–H groups in total. The lowest BCUT2D eigenvalue weighted by Gasteiger charge is -2.30. The highest BCUT2D eigenvalue weighted by Crippen LogP contribution is 2.63. The third-order valence-corrected chi connectivity index (χ3v) is 9.23. The number of nitrogens with zero attached hydrogens (tertiary/aromatic N) is 1. The third kappa shape index (κ3) is 2.46. The first-order valence-corrected chi connectivity index (χ1v) is 13.7. The number of benzene rings is 6. The Morgan fingerprint density at radius 3 is 1.74 bits per heavy atom. The van der Waals surface area contributed by atoms with Gasteiger partial charge >= 0.3 is 0 Å². The Morgan fingerprint density at radius 2 is 1.05 bits per heavy atom. The maximum atomic E-state index is 2.42. The van der Waals surface area contributed by atoms with Crippen LogP contribution in [0.1, 0.15) is 22.3 Å². The van der Waals surface area contributed by atoms with Crippen molar-refractivity contribution >= 4 is 21.8 Å². The van der Waals surface area contributed by atoms with Crippen LogP contribution in [0.3, 0.4) is 0 Å². The topological polar surface area (TPSA) is 4.93 Å². The van der Waals surface area contributed by atoms with Gasteiger partial charge in [-0.25, -0.2) is 0 Å². The highest BCUT2D eigenvalue weighted by molar-refractivity contribution is 6.16. The van der Waals surface area contributed by atoms with Gasteiger partial charge in [0, 0.05) is 28.9 Å². The quantitative estimate of drug-likeness (QED) is 0.214. The Bertz CT molecular complexity index is 2080. The highest BCUT2D eigenvalue weighted by atomic mass is 14.9. The van der Waals surface area contributed by atoms with Crippen molar-refractivity contribution in [2.24, 2.45) is 7.05 Å². The van der Waals surface area contributed by atoms with Gasteiger partial charge < -0.3 is 4.57 Å². The molecule has 1 spiro atoms. The first-order valence-electron chi connectivity index (χ1n) is 13.7. The Labute approximate surface area is 227 Å². The van der Waals surface area contributed by atoms with Crippen LogP contribution in [-0.2, 0) is 12.5 Å². The predicted molar refractivity (Wildman–Crippen MR) is 162 cm³/mol. The third-order valence-electron chi connectivity index (χ3n) is 9.23. The van der Waals surface area contributed by atoms with Gasteiger partial charge in [0.05, 0.1) is 10.9 Å². The van der Waals surface area contributed by atoms with E-state index in [0.29, 0.717) is 0 Å². The van der Waals surface area contributed by atoms with Crippen molar-refractivity contribution in [2.45, 2.75) is 5.41 Å². The van der Waals surface area contributed by atoms with E-state index in [1.54, 1.807) is 0 Å². The molecule has 1 nitrogen and oxygen atoms in total. The average Bonchev–Trinajstić information content (AvgIpc) is 3.59. The van der Waals surface area contributed by atoms with E-state index in [1.807, 2.05) is 0 Å². The molecule has 0 atom stereocenters. The Balaban J connectivity index is 1.43. The molecule has 6 aromatic carbocycles. The van der Waals surface area contributed by atoms with E-state index in [4.69, 9.17) is 0 Å². The minimum absolute atomic E-state index is 0.307. The van der Waals surface area contributed by atoms with Crippen molar-refractivity contribution in [2.75, 3.05) is 0 Å². The van der Waals surface area contributed by atoms with Crippen LogP contribution >= 0.6 is 0 Å². The Kier molecular flexibility index (Phi) is 3.98. The van der Waals surface area contributed by atoms with Gasteiger partial charge in [0.1, 0.15) is 0 Å². The van der Waals surface area contributed by atoms with Crippen molar-refractivity contribution < 1.29 is 0 Å². The maximum Gasteiger partial charge on any atom is 0.0726 e. The monoisotopic (exact) mass is 495 g/mol. The molecular formula is C38H25N. The van der Waals surface area contributed by atoms with Gasteiger partial charge in [-0.3, -0.25) is 0 Å². The predicted octanol–water partition coefficient (Wildman–Crippen LogP) is 9.34. The summed E-state index contributed by atoms with van der Waals surface area (Å²) in [5, 5.41) is 2.62. The molecule has 1 aromatic heterocycles. The second kappa shape index (κ2) is 7.36. The molecule has 182 valence electrons. The van der Waals surface area contributed by atoms with E-state index in [9.17, 15) is 0 Å². The molecule has 9 rings (SSSR count). The first-order chi connectivity index (χ1) is 19.3. The summed E-state index contributed by atoms with van der Waals surface area (Å²) in [5.74, 6) is 0. The summed E-state index contributed by atoms with van der Waals surface area (Å²) in [5.41, 5.74) is 15.8. The molecule has 7 aromatic rings. The van der Waals surface area contributed by atoms with Crippen LogP contribution < -0.4 is 0 Å². The molecule has 0 radical (unpaired) electrons. The van der Waals surface area contributed by atoms with Gasteiger partial charge in [0.2, 0.25) is 0 Å². The number of rotatable bonds is 1. The lowest BCUT2D eigenvalue weighted by molar-refractivity contribution is 0.794. The standard InChI is InChI=1S/C38H25N/c1-39-35-22-19-25(24-11-3-2-4-12-24)23-30(35)28-20-21-34-36(37(28)39)29-15-7-10-18-33(29)38(34)31-16-8-5-13-26(31)27-14-6-9-17-32(27)38/h2-23H,1H3. The summed E-state index contributed by atoms with van der Waals surface area (Å²) in [6, 6.07) is 49.6. The fourth-order valence-corrected chi connectivity index (χ4v) is 7.71. The van der Waals surface area contributed by atoms with Crippen LogP contribution in [0.2, 0.25) is 0 Å². The van der Waals surface area contributed by atoms with Crippen LogP contribution in [0.25, 0.3) is 55.2 Å². The molecule has 0 aliphatic heterocycles. The zero-order valence-electron chi connectivity index (χ0n) is 21.6. The van der Waals surface area contributed by atoms with Gasteiger partial charge in [-0.15, -0.1) is 0 Å². The largest absolute Gasteiger partial charge is 0.343 e. The second-order valence-electron chi connectivity index (χ2n) is 10.9. The number of aromatic nitrogens is 1. The van der Waals surface area contributed by atoms with Gasteiger partial charge in [-0.1, -0.05) is 121 Å². The SMILES string of the molecule is Cn1c2ccc(-c3ccccc3)cc2c2ccc3c(c21)-c1ccccc1C31c2ccccc2-c2ccccc21. The second-order valence-corrected chi connectivity index (χ2v) is 10.9. The lowest BCUT2D eigenvalue weighted by atomic mass is 9.70. The van der Waals surface area contributed by atoms with Crippen LogP contribution in [-0.4, -0.2) is 4.57 Å². The molecule has 2 aliphatic rings. The molecule has 0 unspecified atom stereocenters. The van der Waals surface area contributed by atoms with Gasteiger partial charge in [0.15, 0.2) is 0 Å². The minimum atomic E-state index is -0.307. The summed E-state index contributed by atoms with van der Waals surface area (Å²) in [7, 11) is 2.23. The molecule has 1 heterocycles. The van der Waals surface area contributed by atoms with Crippen molar-refractivity contribution in [3.05, 3.63) is 156 Å². The van der Waals surface area contributed by atoms with Gasteiger partial charge in [0.25, 0.3) is 0 Å². The van der Waals surface area contributed by atoms with Crippen molar-refractivity contribution in [3.8, 4) is 33.4 Å². The van der Waals surface area contributed by atoms with Crippen LogP contribution in [0.4, 0.5) is 0 Å². The van der Waals surface area contributed by atoms with Gasteiger partial charge in [-0.2, -0.15) is 0 Å². The number of hydrogen-bond donors (Lipinski definition) is 0. The smallest absolute Gasteiger partial charge is 0.0726 e. The zero-order chi connectivity index (χ0) is 25.7. The Morgan fingerprint density at radius 1 is 0.462 bits per heavy atom. The summed E-state index contributed by atoms with van der Waals surface area (Å²) < 4.78 is 2.42. The van der Waals surface area contributed by atoms with E-state index < -0.39 is 0 Å².